The van der Waals surface area contributed by atoms with E-state index in [0.29, 0.717) is 0 Å². The van der Waals surface area contributed by atoms with Gasteiger partial charge < -0.3 is 10.1 Å². The summed E-state index contributed by atoms with van der Waals surface area (Å²) in [5.41, 5.74) is 1.52. The van der Waals surface area contributed by atoms with Crippen molar-refractivity contribution >= 4 is 5.91 Å². The molecule has 1 amide bonds. The number of rotatable bonds is 6. The minimum Gasteiger partial charge on any atom is -0.468 e. The number of likely N-dealkylation sites (tertiary alicyclic amines) is 1. The summed E-state index contributed by atoms with van der Waals surface area (Å²) in [5, 5.41) is 2.97. The van der Waals surface area contributed by atoms with E-state index in [0.717, 1.165) is 19.5 Å². The first-order chi connectivity index (χ1) is 13.3. The smallest absolute Gasteiger partial charge is 0.422 e. The summed E-state index contributed by atoms with van der Waals surface area (Å²) < 4.78 is 41.0. The van der Waals surface area contributed by atoms with Crippen molar-refractivity contribution in [3.63, 3.8) is 0 Å². The lowest BCUT2D eigenvalue weighted by atomic mass is 10.1. The molecule has 8 heteroatoms. The molecule has 28 heavy (non-hydrogen) atoms. The first kappa shape index (κ1) is 20.1. The van der Waals surface area contributed by atoms with Gasteiger partial charge in [0.15, 0.2) is 6.61 Å². The zero-order chi connectivity index (χ0) is 20.1. The second-order valence-electron chi connectivity index (χ2n) is 6.83. The summed E-state index contributed by atoms with van der Waals surface area (Å²) in [6.45, 7) is 2.34. The lowest BCUT2D eigenvalue weighted by molar-refractivity contribution is -0.154. The van der Waals surface area contributed by atoms with E-state index in [1.54, 1.807) is 0 Å². The van der Waals surface area contributed by atoms with Crippen molar-refractivity contribution in [2.24, 2.45) is 0 Å². The number of hydrogen-bond acceptors (Lipinski definition) is 4. The SMILES string of the molecule is CC(c1ccccc1)N1CCC(NC(=O)c2ccc(OCC(F)(F)F)nc2)C1. The van der Waals surface area contributed by atoms with Crippen LogP contribution in [0.25, 0.3) is 0 Å². The highest BCUT2D eigenvalue weighted by molar-refractivity contribution is 5.94. The Morgan fingerprint density at radius 2 is 2.04 bits per heavy atom. The van der Waals surface area contributed by atoms with E-state index in [2.05, 4.69) is 39.0 Å². The summed E-state index contributed by atoms with van der Waals surface area (Å²) in [7, 11) is 0. The van der Waals surface area contributed by atoms with Crippen LogP contribution in [0.3, 0.4) is 0 Å². The van der Waals surface area contributed by atoms with E-state index < -0.39 is 12.8 Å². The largest absolute Gasteiger partial charge is 0.468 e. The van der Waals surface area contributed by atoms with Crippen LogP contribution < -0.4 is 10.1 Å². The molecule has 1 aromatic heterocycles. The molecule has 1 N–H and O–H groups in total. The third-order valence-electron chi connectivity index (χ3n) is 4.77. The van der Waals surface area contributed by atoms with Crippen LogP contribution in [0.2, 0.25) is 0 Å². The fourth-order valence-corrected chi connectivity index (χ4v) is 3.22. The Morgan fingerprint density at radius 3 is 2.68 bits per heavy atom. The van der Waals surface area contributed by atoms with E-state index in [1.165, 1.54) is 23.9 Å². The van der Waals surface area contributed by atoms with Crippen LogP contribution >= 0.6 is 0 Å². The van der Waals surface area contributed by atoms with Gasteiger partial charge in [0.05, 0.1) is 5.56 Å². The van der Waals surface area contributed by atoms with E-state index in [4.69, 9.17) is 0 Å². The number of benzene rings is 1. The van der Waals surface area contributed by atoms with Crippen LogP contribution in [0.1, 0.15) is 35.3 Å². The van der Waals surface area contributed by atoms with Crippen LogP contribution in [-0.2, 0) is 0 Å². The van der Waals surface area contributed by atoms with Crippen LogP contribution in [0.5, 0.6) is 5.88 Å². The molecule has 1 aromatic carbocycles. The molecule has 2 heterocycles. The summed E-state index contributed by atoms with van der Waals surface area (Å²) in [6, 6.07) is 13.1. The number of amides is 1. The van der Waals surface area contributed by atoms with Gasteiger partial charge in [-0.3, -0.25) is 9.69 Å². The Bertz CT molecular complexity index is 782. The molecule has 0 radical (unpaired) electrons. The number of hydrogen-bond donors (Lipinski definition) is 1. The molecule has 1 fully saturated rings. The van der Waals surface area contributed by atoms with E-state index in [-0.39, 0.29) is 29.4 Å². The van der Waals surface area contributed by atoms with Crippen LogP contribution in [0, 0.1) is 0 Å². The van der Waals surface area contributed by atoms with E-state index in [1.807, 2.05) is 18.2 Å². The molecule has 1 aliphatic heterocycles. The van der Waals surface area contributed by atoms with Crippen molar-refractivity contribution in [2.75, 3.05) is 19.7 Å². The van der Waals surface area contributed by atoms with Gasteiger partial charge in [-0.25, -0.2) is 4.98 Å². The number of halogens is 3. The van der Waals surface area contributed by atoms with Gasteiger partial charge >= 0.3 is 6.18 Å². The predicted octanol–water partition coefficient (Wildman–Crippen LogP) is 3.59. The predicted molar refractivity (Wildman–Crippen MR) is 98.1 cm³/mol. The number of ether oxygens (including phenoxy) is 1. The van der Waals surface area contributed by atoms with E-state index >= 15 is 0 Å². The highest BCUT2D eigenvalue weighted by atomic mass is 19.4. The first-order valence-electron chi connectivity index (χ1n) is 9.07. The van der Waals surface area contributed by atoms with E-state index in [9.17, 15) is 18.0 Å². The Hall–Kier alpha value is -2.61. The van der Waals surface area contributed by atoms with Crippen molar-refractivity contribution in [3.8, 4) is 5.88 Å². The number of carbonyl (C=O) groups excluding carboxylic acids is 1. The minimum atomic E-state index is -4.43. The molecule has 1 saturated heterocycles. The van der Waals surface area contributed by atoms with Crippen LogP contribution in [0.15, 0.2) is 48.7 Å². The molecule has 150 valence electrons. The third kappa shape index (κ3) is 5.45. The van der Waals surface area contributed by atoms with Crippen molar-refractivity contribution in [1.82, 2.24) is 15.2 Å². The maximum Gasteiger partial charge on any atom is 0.422 e. The molecular formula is C20H22F3N3O2. The van der Waals surface area contributed by atoms with Crippen molar-refractivity contribution in [2.45, 2.75) is 31.6 Å². The minimum absolute atomic E-state index is 0.0137. The number of carbonyl (C=O) groups is 1. The number of nitrogens with zero attached hydrogens (tertiary/aromatic N) is 2. The topological polar surface area (TPSA) is 54.5 Å². The molecule has 2 aromatic rings. The maximum atomic E-state index is 12.4. The van der Waals surface area contributed by atoms with Crippen molar-refractivity contribution in [3.05, 3.63) is 59.8 Å². The second kappa shape index (κ2) is 8.60. The number of aromatic nitrogens is 1. The molecule has 1 aliphatic rings. The lowest BCUT2D eigenvalue weighted by Crippen LogP contribution is -2.37. The molecule has 2 atom stereocenters. The van der Waals surface area contributed by atoms with Gasteiger partial charge in [0.1, 0.15) is 0 Å². The Balaban J connectivity index is 1.51. The quantitative estimate of drug-likeness (QED) is 0.815. The summed E-state index contributed by atoms with van der Waals surface area (Å²) in [4.78, 5) is 18.5. The van der Waals surface area contributed by atoms with Crippen LogP contribution in [0.4, 0.5) is 13.2 Å². The zero-order valence-corrected chi connectivity index (χ0v) is 15.4. The standard InChI is InChI=1S/C20H22F3N3O2/c1-14(15-5-3-2-4-6-15)26-10-9-17(12-26)25-19(27)16-7-8-18(24-11-16)28-13-20(21,22)23/h2-8,11,14,17H,9-10,12-13H2,1H3,(H,25,27). The molecule has 2 unspecified atom stereocenters. The molecule has 0 aliphatic carbocycles. The van der Waals surface area contributed by atoms with Gasteiger partial charge in [-0.05, 0) is 25.0 Å². The second-order valence-corrected chi connectivity index (χ2v) is 6.83. The van der Waals surface area contributed by atoms with Gasteiger partial charge in [-0.1, -0.05) is 30.3 Å². The lowest BCUT2D eigenvalue weighted by Gasteiger charge is -2.24. The number of pyridine rings is 1. The summed E-state index contributed by atoms with van der Waals surface area (Å²) in [6.07, 6.45) is -2.37. The molecule has 3 rings (SSSR count). The Morgan fingerprint density at radius 1 is 1.29 bits per heavy atom. The van der Waals surface area contributed by atoms with Gasteiger partial charge in [-0.15, -0.1) is 0 Å². The summed E-state index contributed by atoms with van der Waals surface area (Å²) in [5.74, 6) is -0.466. The molecular weight excluding hydrogens is 371 g/mol. The highest BCUT2D eigenvalue weighted by Crippen LogP contribution is 2.24. The van der Waals surface area contributed by atoms with Crippen molar-refractivity contribution in [1.29, 1.82) is 0 Å². The monoisotopic (exact) mass is 393 g/mol. The Labute approximate surface area is 161 Å². The van der Waals surface area contributed by atoms with Crippen LogP contribution in [-0.4, -0.2) is 47.7 Å². The summed E-state index contributed by atoms with van der Waals surface area (Å²) >= 11 is 0. The molecule has 0 bridgehead atoms. The fraction of sp³-hybridized carbons (Fsp3) is 0.400. The van der Waals surface area contributed by atoms with Gasteiger partial charge in [0, 0.05) is 37.4 Å². The molecule has 0 saturated carbocycles. The Kier molecular flexibility index (Phi) is 6.18. The third-order valence-corrected chi connectivity index (χ3v) is 4.77. The first-order valence-corrected chi connectivity index (χ1v) is 9.07. The molecule has 0 spiro atoms. The fourth-order valence-electron chi connectivity index (χ4n) is 3.22. The normalized spacial score (nSPS) is 18.6. The maximum absolute atomic E-state index is 12.4. The zero-order valence-electron chi connectivity index (χ0n) is 15.4. The van der Waals surface area contributed by atoms with Gasteiger partial charge in [0.25, 0.3) is 5.91 Å². The average molecular weight is 393 g/mol. The van der Waals surface area contributed by atoms with Gasteiger partial charge in [0.2, 0.25) is 5.88 Å². The molecule has 5 nitrogen and oxygen atoms in total. The van der Waals surface area contributed by atoms with Gasteiger partial charge in [-0.2, -0.15) is 13.2 Å². The van der Waals surface area contributed by atoms with Crippen molar-refractivity contribution < 1.29 is 22.7 Å². The average Bonchev–Trinajstić information content (AvgIpc) is 3.14. The number of alkyl halides is 3. The number of nitrogens with one attached hydrogen (secondary N) is 1. The highest BCUT2D eigenvalue weighted by Gasteiger charge is 2.29.